The van der Waals surface area contributed by atoms with Gasteiger partial charge in [0, 0.05) is 44.6 Å². The Morgan fingerprint density at radius 3 is 2.18 bits per heavy atom. The van der Waals surface area contributed by atoms with Crippen molar-refractivity contribution in [1.29, 1.82) is 0 Å². The van der Waals surface area contributed by atoms with Crippen molar-refractivity contribution in [3.05, 3.63) is 0 Å². The van der Waals surface area contributed by atoms with Crippen molar-refractivity contribution in [2.45, 2.75) is 32.2 Å². The van der Waals surface area contributed by atoms with Gasteiger partial charge < -0.3 is 15.5 Å². The van der Waals surface area contributed by atoms with E-state index < -0.39 is 0 Å². The highest BCUT2D eigenvalue weighted by atomic mass is 16.2. The average Bonchev–Trinajstić information content (AvgIpc) is 3.11. The summed E-state index contributed by atoms with van der Waals surface area (Å²) in [5, 5.41) is 0. The Morgan fingerprint density at radius 2 is 1.71 bits per heavy atom. The van der Waals surface area contributed by atoms with E-state index in [1.165, 1.54) is 0 Å². The molecule has 2 rings (SSSR count). The predicted octanol–water partition coefficient (Wildman–Crippen LogP) is -0.195. The number of nitrogens with zero attached hydrogens (tertiary/aromatic N) is 2. The summed E-state index contributed by atoms with van der Waals surface area (Å²) in [5.74, 6) is 0.670. The highest BCUT2D eigenvalue weighted by molar-refractivity contribution is 5.82. The van der Waals surface area contributed by atoms with Gasteiger partial charge in [-0.2, -0.15) is 0 Å². The van der Waals surface area contributed by atoms with Crippen molar-refractivity contribution >= 4 is 11.8 Å². The van der Waals surface area contributed by atoms with Crippen LogP contribution in [0.15, 0.2) is 0 Å². The Kier molecular flexibility index (Phi) is 3.66. The second-order valence-corrected chi connectivity index (χ2v) is 5.16. The van der Waals surface area contributed by atoms with E-state index in [9.17, 15) is 9.59 Å². The summed E-state index contributed by atoms with van der Waals surface area (Å²) in [6.07, 6.45) is 2.49. The van der Waals surface area contributed by atoms with Crippen LogP contribution in [0.1, 0.15) is 26.2 Å². The second kappa shape index (κ2) is 5.04. The van der Waals surface area contributed by atoms with Crippen molar-refractivity contribution in [2.24, 2.45) is 11.7 Å². The number of carbonyl (C=O) groups is 2. The Labute approximate surface area is 102 Å². The zero-order valence-corrected chi connectivity index (χ0v) is 10.4. The minimum Gasteiger partial charge on any atom is -0.339 e. The molecule has 1 saturated heterocycles. The molecule has 1 atom stereocenters. The maximum atomic E-state index is 11.8. The van der Waals surface area contributed by atoms with Gasteiger partial charge in [-0.1, -0.05) is 0 Å². The number of amides is 2. The minimum atomic E-state index is -0.0892. The van der Waals surface area contributed by atoms with Crippen LogP contribution >= 0.6 is 0 Å². The van der Waals surface area contributed by atoms with Crippen LogP contribution < -0.4 is 5.73 Å². The smallest absolute Gasteiger partial charge is 0.225 e. The second-order valence-electron chi connectivity index (χ2n) is 5.16. The summed E-state index contributed by atoms with van der Waals surface area (Å²) in [4.78, 5) is 27.3. The molecule has 0 aromatic rings. The van der Waals surface area contributed by atoms with Gasteiger partial charge in [0.2, 0.25) is 11.8 Å². The molecular formula is C12H21N3O2. The lowest BCUT2D eigenvalue weighted by molar-refractivity contribution is -0.140. The SMILES string of the molecule is CC(N)CC(=O)N1CCN(C(=O)C2CC2)CC1. The molecule has 5 nitrogen and oxygen atoms in total. The summed E-state index contributed by atoms with van der Waals surface area (Å²) in [6, 6.07) is -0.0892. The van der Waals surface area contributed by atoms with Gasteiger partial charge >= 0.3 is 0 Å². The van der Waals surface area contributed by atoms with Crippen LogP contribution in [0.25, 0.3) is 0 Å². The molecule has 96 valence electrons. The van der Waals surface area contributed by atoms with Gasteiger partial charge in [0.1, 0.15) is 0 Å². The molecule has 0 aromatic carbocycles. The quantitative estimate of drug-likeness (QED) is 0.742. The number of nitrogens with two attached hydrogens (primary N) is 1. The third-order valence-corrected chi connectivity index (χ3v) is 3.37. The maximum Gasteiger partial charge on any atom is 0.225 e. The monoisotopic (exact) mass is 239 g/mol. The van der Waals surface area contributed by atoms with E-state index in [1.54, 1.807) is 0 Å². The van der Waals surface area contributed by atoms with Gasteiger partial charge in [0.05, 0.1) is 0 Å². The minimum absolute atomic E-state index is 0.0892. The van der Waals surface area contributed by atoms with Crippen molar-refractivity contribution in [2.75, 3.05) is 26.2 Å². The summed E-state index contributed by atoms with van der Waals surface area (Å²) >= 11 is 0. The Balaban J connectivity index is 1.77. The first-order chi connectivity index (χ1) is 8.08. The van der Waals surface area contributed by atoms with Crippen LogP contribution in [0.2, 0.25) is 0 Å². The first kappa shape index (κ1) is 12.4. The van der Waals surface area contributed by atoms with Gasteiger partial charge in [0.15, 0.2) is 0 Å². The summed E-state index contributed by atoms with van der Waals surface area (Å²) in [5.41, 5.74) is 5.61. The number of rotatable bonds is 3. The molecule has 2 amide bonds. The van der Waals surface area contributed by atoms with Crippen molar-refractivity contribution in [3.63, 3.8) is 0 Å². The first-order valence-corrected chi connectivity index (χ1v) is 6.40. The van der Waals surface area contributed by atoms with Gasteiger partial charge in [-0.25, -0.2) is 0 Å². The molecule has 1 heterocycles. The van der Waals surface area contributed by atoms with Crippen LogP contribution in [0.3, 0.4) is 0 Å². The topological polar surface area (TPSA) is 66.6 Å². The molecule has 1 aliphatic heterocycles. The molecule has 1 unspecified atom stereocenters. The van der Waals surface area contributed by atoms with E-state index in [0.717, 1.165) is 12.8 Å². The number of hydrogen-bond donors (Lipinski definition) is 1. The molecule has 0 radical (unpaired) electrons. The summed E-state index contributed by atoms with van der Waals surface area (Å²) in [7, 11) is 0. The molecule has 1 saturated carbocycles. The predicted molar refractivity (Wildman–Crippen MR) is 64.2 cm³/mol. The molecule has 2 N–H and O–H groups in total. The zero-order chi connectivity index (χ0) is 12.4. The van der Waals surface area contributed by atoms with Crippen LogP contribution in [-0.2, 0) is 9.59 Å². The van der Waals surface area contributed by atoms with E-state index >= 15 is 0 Å². The lowest BCUT2D eigenvalue weighted by Crippen LogP contribution is -2.51. The molecule has 2 fully saturated rings. The molecule has 0 aromatic heterocycles. The Hall–Kier alpha value is -1.10. The van der Waals surface area contributed by atoms with E-state index in [-0.39, 0.29) is 23.8 Å². The van der Waals surface area contributed by atoms with Crippen LogP contribution in [0.4, 0.5) is 0 Å². The highest BCUT2D eigenvalue weighted by Gasteiger charge is 2.35. The Morgan fingerprint density at radius 1 is 1.18 bits per heavy atom. The molecule has 0 bridgehead atoms. The van der Waals surface area contributed by atoms with Crippen LogP contribution in [0.5, 0.6) is 0 Å². The summed E-state index contributed by atoms with van der Waals surface area (Å²) < 4.78 is 0. The fourth-order valence-corrected chi connectivity index (χ4v) is 2.17. The van der Waals surface area contributed by atoms with Crippen molar-refractivity contribution < 1.29 is 9.59 Å². The summed E-state index contributed by atoms with van der Waals surface area (Å²) in [6.45, 7) is 4.51. The third kappa shape index (κ3) is 3.19. The van der Waals surface area contributed by atoms with E-state index in [2.05, 4.69) is 0 Å². The fraction of sp³-hybridized carbons (Fsp3) is 0.833. The molecule has 5 heteroatoms. The average molecular weight is 239 g/mol. The lowest BCUT2D eigenvalue weighted by atomic mass is 10.2. The van der Waals surface area contributed by atoms with E-state index in [4.69, 9.17) is 5.73 Å². The highest BCUT2D eigenvalue weighted by Crippen LogP contribution is 2.31. The third-order valence-electron chi connectivity index (χ3n) is 3.37. The van der Waals surface area contributed by atoms with Gasteiger partial charge in [-0.15, -0.1) is 0 Å². The molecule has 0 spiro atoms. The van der Waals surface area contributed by atoms with Crippen molar-refractivity contribution in [3.8, 4) is 0 Å². The van der Waals surface area contributed by atoms with Gasteiger partial charge in [-0.3, -0.25) is 9.59 Å². The lowest BCUT2D eigenvalue weighted by Gasteiger charge is -2.35. The number of hydrogen-bond acceptors (Lipinski definition) is 3. The van der Waals surface area contributed by atoms with E-state index in [1.807, 2.05) is 16.7 Å². The number of carbonyl (C=O) groups excluding carboxylic acids is 2. The molecular weight excluding hydrogens is 218 g/mol. The van der Waals surface area contributed by atoms with Gasteiger partial charge in [0.25, 0.3) is 0 Å². The molecule has 2 aliphatic rings. The maximum absolute atomic E-state index is 11.8. The normalized spacial score (nSPS) is 22.5. The molecule has 1 aliphatic carbocycles. The van der Waals surface area contributed by atoms with Crippen molar-refractivity contribution in [1.82, 2.24) is 9.80 Å². The number of piperazine rings is 1. The van der Waals surface area contributed by atoms with E-state index in [0.29, 0.717) is 32.6 Å². The van der Waals surface area contributed by atoms with Crippen LogP contribution in [0, 0.1) is 5.92 Å². The standard InChI is InChI=1S/C12H21N3O2/c1-9(13)8-11(16)14-4-6-15(7-5-14)12(17)10-2-3-10/h9-10H,2-8,13H2,1H3. The first-order valence-electron chi connectivity index (χ1n) is 6.40. The van der Waals surface area contributed by atoms with Crippen LogP contribution in [-0.4, -0.2) is 53.8 Å². The fourth-order valence-electron chi connectivity index (χ4n) is 2.17. The molecule has 17 heavy (non-hydrogen) atoms. The Bertz CT molecular complexity index is 305. The van der Waals surface area contributed by atoms with Gasteiger partial charge in [-0.05, 0) is 19.8 Å². The largest absolute Gasteiger partial charge is 0.339 e. The zero-order valence-electron chi connectivity index (χ0n) is 10.4.